The minimum absolute atomic E-state index is 0. The summed E-state index contributed by atoms with van der Waals surface area (Å²) in [6.07, 6.45) is 3.12. The Morgan fingerprint density at radius 1 is 0.821 bits per heavy atom. The highest BCUT2D eigenvalue weighted by Gasteiger charge is 2.23. The van der Waals surface area contributed by atoms with Crippen LogP contribution in [0, 0.1) is 13.8 Å². The molecule has 0 amide bonds. The number of nitrogens with zero attached hydrogens (tertiary/aromatic N) is 2. The van der Waals surface area contributed by atoms with Crippen LogP contribution >= 0.6 is 0 Å². The first-order valence-corrected chi connectivity index (χ1v) is 9.45. The van der Waals surface area contributed by atoms with E-state index in [-0.39, 0.29) is 17.0 Å². The van der Waals surface area contributed by atoms with Crippen LogP contribution in [-0.4, -0.2) is 4.40 Å². The molecular formula is C24H25BrN2O. The van der Waals surface area contributed by atoms with E-state index in [4.69, 9.17) is 4.74 Å². The van der Waals surface area contributed by atoms with Crippen LogP contribution in [0.15, 0.2) is 79.0 Å². The van der Waals surface area contributed by atoms with Crippen molar-refractivity contribution in [2.75, 3.05) is 0 Å². The summed E-state index contributed by atoms with van der Waals surface area (Å²) < 4.78 is 10.8. The molecule has 2 heterocycles. The van der Waals surface area contributed by atoms with Gasteiger partial charge in [-0.2, -0.15) is 4.40 Å². The van der Waals surface area contributed by atoms with Crippen LogP contribution in [0.2, 0.25) is 0 Å². The molecule has 4 rings (SSSR count). The van der Waals surface area contributed by atoms with E-state index in [1.807, 2.05) is 18.2 Å². The zero-order valence-corrected chi connectivity index (χ0v) is 17.9. The summed E-state index contributed by atoms with van der Waals surface area (Å²) in [5, 5.41) is 0. The Morgan fingerprint density at radius 3 is 2.14 bits per heavy atom. The molecule has 0 fully saturated rings. The van der Waals surface area contributed by atoms with E-state index in [1.54, 1.807) is 0 Å². The minimum Gasteiger partial charge on any atom is -1.00 e. The predicted molar refractivity (Wildman–Crippen MR) is 108 cm³/mol. The van der Waals surface area contributed by atoms with Gasteiger partial charge >= 0.3 is 5.65 Å². The van der Waals surface area contributed by atoms with Crippen LogP contribution in [0.25, 0.3) is 5.65 Å². The molecular weight excluding hydrogens is 412 g/mol. The van der Waals surface area contributed by atoms with Gasteiger partial charge < -0.3 is 21.7 Å². The fourth-order valence-electron chi connectivity index (χ4n) is 3.55. The molecule has 3 nitrogen and oxygen atoms in total. The second kappa shape index (κ2) is 9.07. The summed E-state index contributed by atoms with van der Waals surface area (Å²) in [7, 11) is 0. The second-order valence-electron chi connectivity index (χ2n) is 6.90. The van der Waals surface area contributed by atoms with Gasteiger partial charge in [0.05, 0.1) is 12.7 Å². The maximum absolute atomic E-state index is 6.22. The largest absolute Gasteiger partial charge is 1.00 e. The van der Waals surface area contributed by atoms with Crippen LogP contribution < -0.4 is 26.3 Å². The van der Waals surface area contributed by atoms with Gasteiger partial charge in [-0.1, -0.05) is 60.7 Å². The summed E-state index contributed by atoms with van der Waals surface area (Å²) in [5.74, 6) is 0.922. The van der Waals surface area contributed by atoms with Crippen molar-refractivity contribution in [1.29, 1.82) is 0 Å². The SMILES string of the molecule is Cc1c(C)[n+](CCc2ccccc2)c2c(OCc3ccccc3)cccn12.[Br-]. The number of fused-ring (bicyclic) bond motifs is 1. The van der Waals surface area contributed by atoms with Crippen molar-refractivity contribution in [1.82, 2.24) is 4.40 Å². The summed E-state index contributed by atoms with van der Waals surface area (Å²) in [6, 6.07) is 25.1. The molecule has 4 heteroatoms. The summed E-state index contributed by atoms with van der Waals surface area (Å²) in [6.45, 7) is 5.86. The fourth-order valence-corrected chi connectivity index (χ4v) is 3.55. The first-order valence-electron chi connectivity index (χ1n) is 9.45. The number of aromatic nitrogens is 2. The molecule has 0 aliphatic rings. The Morgan fingerprint density at radius 2 is 1.46 bits per heavy atom. The topological polar surface area (TPSA) is 17.5 Å². The lowest BCUT2D eigenvalue weighted by molar-refractivity contribution is -0.676. The van der Waals surface area contributed by atoms with E-state index in [0.29, 0.717) is 6.61 Å². The van der Waals surface area contributed by atoms with Gasteiger partial charge in [-0.3, -0.25) is 0 Å². The molecule has 0 N–H and O–H groups in total. The third-order valence-corrected chi connectivity index (χ3v) is 5.18. The molecule has 0 aliphatic carbocycles. The number of pyridine rings is 1. The molecule has 0 aliphatic heterocycles. The Balaban J connectivity index is 0.00000225. The van der Waals surface area contributed by atoms with Gasteiger partial charge in [0.15, 0.2) is 0 Å². The van der Waals surface area contributed by atoms with Gasteiger partial charge in [0.2, 0.25) is 5.75 Å². The van der Waals surface area contributed by atoms with Gasteiger partial charge in [0, 0.05) is 20.3 Å². The first-order chi connectivity index (χ1) is 13.2. The summed E-state index contributed by atoms with van der Waals surface area (Å²) in [5.41, 5.74) is 6.18. The van der Waals surface area contributed by atoms with Crippen molar-refractivity contribution in [3.05, 3.63) is 102 Å². The lowest BCUT2D eigenvalue weighted by Crippen LogP contribution is -3.00. The Kier molecular flexibility index (Phi) is 6.53. The van der Waals surface area contributed by atoms with E-state index in [1.165, 1.54) is 22.5 Å². The maximum Gasteiger partial charge on any atom is 0.329 e. The Bertz CT molecular complexity index is 1040. The van der Waals surface area contributed by atoms with Crippen LogP contribution in [0.3, 0.4) is 0 Å². The van der Waals surface area contributed by atoms with Crippen molar-refractivity contribution in [3.8, 4) is 5.75 Å². The van der Waals surface area contributed by atoms with E-state index in [0.717, 1.165) is 24.4 Å². The van der Waals surface area contributed by atoms with Gasteiger partial charge in [-0.25, -0.2) is 4.57 Å². The lowest BCUT2D eigenvalue weighted by atomic mass is 10.1. The van der Waals surface area contributed by atoms with Crippen molar-refractivity contribution in [3.63, 3.8) is 0 Å². The highest BCUT2D eigenvalue weighted by molar-refractivity contribution is 5.51. The molecule has 0 radical (unpaired) electrons. The second-order valence-corrected chi connectivity index (χ2v) is 6.90. The number of imidazole rings is 1. The third kappa shape index (κ3) is 4.12. The maximum atomic E-state index is 6.22. The Labute approximate surface area is 177 Å². The smallest absolute Gasteiger partial charge is 0.329 e. The quantitative estimate of drug-likeness (QED) is 0.420. The fraction of sp³-hybridized carbons (Fsp3) is 0.208. The highest BCUT2D eigenvalue weighted by atomic mass is 79.9. The molecule has 2 aromatic heterocycles. The number of hydrogen-bond acceptors (Lipinski definition) is 1. The zero-order valence-electron chi connectivity index (χ0n) is 16.3. The van der Waals surface area contributed by atoms with E-state index in [9.17, 15) is 0 Å². The molecule has 0 spiro atoms. The average Bonchev–Trinajstić information content (AvgIpc) is 2.97. The minimum atomic E-state index is 0. The number of halogens is 1. The van der Waals surface area contributed by atoms with Crippen molar-refractivity contribution in [2.45, 2.75) is 33.4 Å². The monoisotopic (exact) mass is 436 g/mol. The van der Waals surface area contributed by atoms with Crippen LogP contribution in [-0.2, 0) is 19.6 Å². The predicted octanol–water partition coefficient (Wildman–Crippen LogP) is 1.67. The molecule has 0 atom stereocenters. The van der Waals surface area contributed by atoms with Crippen LogP contribution in [0.5, 0.6) is 5.75 Å². The van der Waals surface area contributed by atoms with E-state index < -0.39 is 0 Å². The number of hydrogen-bond donors (Lipinski definition) is 0. The first kappa shape index (κ1) is 20.2. The van der Waals surface area contributed by atoms with Crippen molar-refractivity contribution < 1.29 is 26.3 Å². The number of rotatable bonds is 6. The molecule has 2 aromatic carbocycles. The number of ether oxygens (including phenoxy) is 1. The normalized spacial score (nSPS) is 10.6. The Hall–Kier alpha value is -2.59. The van der Waals surface area contributed by atoms with Gasteiger partial charge in [0.1, 0.15) is 18.0 Å². The number of aryl methyl sites for hydroxylation is 3. The average molecular weight is 437 g/mol. The van der Waals surface area contributed by atoms with E-state index in [2.05, 4.69) is 83.6 Å². The van der Waals surface area contributed by atoms with Crippen LogP contribution in [0.4, 0.5) is 0 Å². The van der Waals surface area contributed by atoms with Gasteiger partial charge in [-0.15, -0.1) is 0 Å². The zero-order chi connectivity index (χ0) is 18.6. The molecule has 0 bridgehead atoms. The number of benzene rings is 2. The summed E-state index contributed by atoms with van der Waals surface area (Å²) >= 11 is 0. The van der Waals surface area contributed by atoms with Gasteiger partial charge in [-0.05, 0) is 23.3 Å². The lowest BCUT2D eigenvalue weighted by Gasteiger charge is -2.07. The molecule has 0 saturated carbocycles. The molecule has 28 heavy (non-hydrogen) atoms. The molecule has 0 saturated heterocycles. The van der Waals surface area contributed by atoms with Gasteiger partial charge in [0.25, 0.3) is 0 Å². The third-order valence-electron chi connectivity index (χ3n) is 5.18. The standard InChI is InChI=1S/C24H25N2O.BrH/c1-19-20(2)26(17-15-21-10-5-3-6-11-21)24-23(14-9-16-25(19)24)27-18-22-12-7-4-8-13-22;/h3-14,16H,15,17-18H2,1-2H3;1H/q+1;/p-1. The molecule has 0 unspecified atom stereocenters. The highest BCUT2D eigenvalue weighted by Crippen LogP contribution is 2.22. The molecule has 144 valence electrons. The molecule has 4 aromatic rings. The van der Waals surface area contributed by atoms with Crippen molar-refractivity contribution in [2.24, 2.45) is 0 Å². The van der Waals surface area contributed by atoms with Crippen LogP contribution in [0.1, 0.15) is 22.5 Å². The summed E-state index contributed by atoms with van der Waals surface area (Å²) in [4.78, 5) is 0. The van der Waals surface area contributed by atoms with E-state index >= 15 is 0 Å². The van der Waals surface area contributed by atoms with Crippen molar-refractivity contribution >= 4 is 5.65 Å².